The van der Waals surface area contributed by atoms with Crippen LogP contribution in [-0.4, -0.2) is 82.5 Å². The van der Waals surface area contributed by atoms with Crippen molar-refractivity contribution in [3.8, 4) is 0 Å². The SMILES string of the molecule is CCCNC(=O)N1CCCC(c2nnnn2CCOC)(N2CCCC2)C1. The molecule has 1 atom stereocenters. The second-order valence-electron chi connectivity index (χ2n) is 7.20. The smallest absolute Gasteiger partial charge is 0.317 e. The van der Waals surface area contributed by atoms with Crippen LogP contribution in [0.1, 0.15) is 44.9 Å². The third kappa shape index (κ3) is 3.83. The Kier molecular flexibility index (Phi) is 6.42. The highest BCUT2D eigenvalue weighted by Crippen LogP contribution is 2.38. The lowest BCUT2D eigenvalue weighted by Crippen LogP contribution is -2.59. The van der Waals surface area contributed by atoms with Gasteiger partial charge in [0.1, 0.15) is 5.54 Å². The molecule has 1 unspecified atom stereocenters. The summed E-state index contributed by atoms with van der Waals surface area (Å²) in [4.78, 5) is 17.0. The van der Waals surface area contributed by atoms with E-state index in [2.05, 4.69) is 32.7 Å². The summed E-state index contributed by atoms with van der Waals surface area (Å²) in [6.07, 6.45) is 5.23. The second-order valence-corrected chi connectivity index (χ2v) is 7.20. The minimum Gasteiger partial charge on any atom is -0.383 e. The molecule has 26 heavy (non-hydrogen) atoms. The van der Waals surface area contributed by atoms with Crippen molar-refractivity contribution >= 4 is 6.03 Å². The van der Waals surface area contributed by atoms with E-state index in [1.54, 1.807) is 7.11 Å². The number of hydrogen-bond acceptors (Lipinski definition) is 6. The number of hydrogen-bond donors (Lipinski definition) is 1. The van der Waals surface area contributed by atoms with E-state index in [1.807, 2.05) is 9.58 Å². The Balaban J connectivity index is 1.87. The summed E-state index contributed by atoms with van der Waals surface area (Å²) < 4.78 is 7.07. The topological polar surface area (TPSA) is 88.4 Å². The van der Waals surface area contributed by atoms with Gasteiger partial charge in [0.15, 0.2) is 5.82 Å². The maximum atomic E-state index is 12.6. The summed E-state index contributed by atoms with van der Waals surface area (Å²) in [7, 11) is 1.68. The van der Waals surface area contributed by atoms with Gasteiger partial charge in [-0.1, -0.05) is 6.92 Å². The molecule has 0 saturated carbocycles. The van der Waals surface area contributed by atoms with Crippen molar-refractivity contribution in [1.29, 1.82) is 0 Å². The maximum absolute atomic E-state index is 12.6. The first-order valence-corrected chi connectivity index (χ1v) is 9.74. The van der Waals surface area contributed by atoms with Crippen molar-refractivity contribution in [1.82, 2.24) is 35.3 Å². The standard InChI is InChI=1S/C17H31N7O2/c1-3-8-18-16(25)22-9-6-7-17(14-22,23-10-4-5-11-23)15-19-20-21-24(15)12-13-26-2/h3-14H2,1-2H3,(H,18,25). The zero-order valence-electron chi connectivity index (χ0n) is 16.0. The number of tetrazole rings is 1. The van der Waals surface area contributed by atoms with Gasteiger partial charge >= 0.3 is 6.03 Å². The molecule has 2 amide bonds. The van der Waals surface area contributed by atoms with Crippen LogP contribution in [0.3, 0.4) is 0 Å². The Hall–Kier alpha value is -1.74. The molecule has 0 bridgehead atoms. The van der Waals surface area contributed by atoms with Crippen LogP contribution < -0.4 is 5.32 Å². The van der Waals surface area contributed by atoms with Gasteiger partial charge < -0.3 is 15.0 Å². The molecule has 0 aliphatic carbocycles. The molecule has 146 valence electrons. The highest BCUT2D eigenvalue weighted by atomic mass is 16.5. The lowest BCUT2D eigenvalue weighted by atomic mass is 9.86. The van der Waals surface area contributed by atoms with E-state index < -0.39 is 0 Å². The number of nitrogens with zero attached hydrogens (tertiary/aromatic N) is 6. The molecule has 1 aromatic heterocycles. The van der Waals surface area contributed by atoms with Gasteiger partial charge in [0.05, 0.1) is 13.2 Å². The Bertz CT molecular complexity index is 587. The number of carbonyl (C=O) groups excluding carboxylic acids is 1. The van der Waals surface area contributed by atoms with Crippen LogP contribution >= 0.6 is 0 Å². The molecule has 9 heteroatoms. The van der Waals surface area contributed by atoms with Gasteiger partial charge in [-0.2, -0.15) is 0 Å². The van der Waals surface area contributed by atoms with Gasteiger partial charge in [0, 0.05) is 26.7 Å². The fourth-order valence-electron chi connectivity index (χ4n) is 4.15. The number of carbonyl (C=O) groups is 1. The van der Waals surface area contributed by atoms with Gasteiger partial charge in [-0.3, -0.25) is 4.90 Å². The van der Waals surface area contributed by atoms with Gasteiger partial charge in [0.25, 0.3) is 0 Å². The highest BCUT2D eigenvalue weighted by Gasteiger charge is 2.47. The van der Waals surface area contributed by atoms with E-state index >= 15 is 0 Å². The van der Waals surface area contributed by atoms with E-state index in [9.17, 15) is 4.79 Å². The minimum absolute atomic E-state index is 0.0195. The summed E-state index contributed by atoms with van der Waals surface area (Å²) in [6, 6.07) is 0.0195. The third-order valence-electron chi connectivity index (χ3n) is 5.45. The Morgan fingerprint density at radius 1 is 1.27 bits per heavy atom. The quantitative estimate of drug-likeness (QED) is 0.770. The van der Waals surface area contributed by atoms with Crippen molar-refractivity contribution in [2.75, 3.05) is 46.4 Å². The number of rotatable bonds is 7. The number of urea groups is 1. The summed E-state index contributed by atoms with van der Waals surface area (Å²) >= 11 is 0. The molecule has 2 saturated heterocycles. The third-order valence-corrected chi connectivity index (χ3v) is 5.45. The molecule has 2 aliphatic rings. The molecular formula is C17H31N7O2. The van der Waals surface area contributed by atoms with Gasteiger partial charge in [0.2, 0.25) is 0 Å². The number of amides is 2. The fraction of sp³-hybridized carbons (Fsp3) is 0.882. The summed E-state index contributed by atoms with van der Waals surface area (Å²) in [5, 5.41) is 15.6. The molecule has 0 spiro atoms. The Morgan fingerprint density at radius 3 is 2.81 bits per heavy atom. The average molecular weight is 365 g/mol. The summed E-state index contributed by atoms with van der Waals surface area (Å²) in [6.45, 7) is 7.43. The van der Waals surface area contributed by atoms with Gasteiger partial charge in [-0.25, -0.2) is 9.48 Å². The molecule has 9 nitrogen and oxygen atoms in total. The largest absolute Gasteiger partial charge is 0.383 e. The number of aromatic nitrogens is 4. The molecule has 2 fully saturated rings. The van der Waals surface area contributed by atoms with Crippen LogP contribution in [-0.2, 0) is 16.8 Å². The van der Waals surface area contributed by atoms with E-state index in [0.29, 0.717) is 26.2 Å². The number of piperidine rings is 1. The normalized spacial score (nSPS) is 24.2. The lowest BCUT2D eigenvalue weighted by Gasteiger charge is -2.47. The Labute approximate surface area is 155 Å². The summed E-state index contributed by atoms with van der Waals surface area (Å²) in [5.41, 5.74) is -0.310. The average Bonchev–Trinajstić information content (AvgIpc) is 3.36. The van der Waals surface area contributed by atoms with Crippen molar-refractivity contribution in [3.63, 3.8) is 0 Å². The van der Waals surface area contributed by atoms with E-state index in [1.165, 1.54) is 12.8 Å². The van der Waals surface area contributed by atoms with Gasteiger partial charge in [-0.15, -0.1) is 5.10 Å². The predicted molar refractivity (Wildman–Crippen MR) is 96.7 cm³/mol. The van der Waals surface area contributed by atoms with Crippen LogP contribution in [0.15, 0.2) is 0 Å². The van der Waals surface area contributed by atoms with Crippen LogP contribution in [0.2, 0.25) is 0 Å². The first kappa shape index (κ1) is 19.0. The van der Waals surface area contributed by atoms with Crippen molar-refractivity contribution in [2.45, 2.75) is 51.1 Å². The second kappa shape index (κ2) is 8.77. The van der Waals surface area contributed by atoms with E-state index in [0.717, 1.165) is 44.7 Å². The zero-order chi connectivity index (χ0) is 18.4. The van der Waals surface area contributed by atoms with Crippen molar-refractivity contribution in [3.05, 3.63) is 5.82 Å². The predicted octanol–water partition coefficient (Wildman–Crippen LogP) is 0.826. The molecule has 1 N–H and O–H groups in total. The van der Waals surface area contributed by atoms with Crippen LogP contribution in [0.5, 0.6) is 0 Å². The van der Waals surface area contributed by atoms with Crippen LogP contribution in [0.4, 0.5) is 4.79 Å². The minimum atomic E-state index is -0.310. The first-order valence-electron chi connectivity index (χ1n) is 9.74. The van der Waals surface area contributed by atoms with Gasteiger partial charge in [-0.05, 0) is 55.6 Å². The van der Waals surface area contributed by atoms with E-state index in [-0.39, 0.29) is 11.6 Å². The molecule has 0 radical (unpaired) electrons. The van der Waals surface area contributed by atoms with Crippen LogP contribution in [0, 0.1) is 0 Å². The lowest BCUT2D eigenvalue weighted by molar-refractivity contribution is 0.0255. The van der Waals surface area contributed by atoms with E-state index in [4.69, 9.17) is 4.74 Å². The van der Waals surface area contributed by atoms with Crippen molar-refractivity contribution < 1.29 is 9.53 Å². The number of ether oxygens (including phenoxy) is 1. The Morgan fingerprint density at radius 2 is 2.08 bits per heavy atom. The molecule has 2 aliphatic heterocycles. The number of methoxy groups -OCH3 is 1. The highest BCUT2D eigenvalue weighted by molar-refractivity contribution is 5.74. The maximum Gasteiger partial charge on any atom is 0.317 e. The first-order chi connectivity index (χ1) is 12.7. The number of likely N-dealkylation sites (tertiary alicyclic amines) is 2. The molecule has 1 aromatic rings. The zero-order valence-corrected chi connectivity index (χ0v) is 16.0. The fourth-order valence-corrected chi connectivity index (χ4v) is 4.15. The van der Waals surface area contributed by atoms with Crippen molar-refractivity contribution in [2.24, 2.45) is 0 Å². The van der Waals surface area contributed by atoms with Crippen LogP contribution in [0.25, 0.3) is 0 Å². The molecule has 0 aromatic carbocycles. The number of nitrogens with one attached hydrogen (secondary N) is 1. The summed E-state index contributed by atoms with van der Waals surface area (Å²) in [5.74, 6) is 0.865. The molecule has 3 rings (SSSR count). The molecular weight excluding hydrogens is 334 g/mol. The monoisotopic (exact) mass is 365 g/mol. The molecule has 3 heterocycles.